The summed E-state index contributed by atoms with van der Waals surface area (Å²) < 4.78 is 9.47. The van der Waals surface area contributed by atoms with Gasteiger partial charge in [-0.05, 0) is 12.0 Å². The number of nitrogens with zero attached hydrogens (tertiary/aromatic N) is 2. The first-order valence-corrected chi connectivity index (χ1v) is 4.21. The van der Waals surface area contributed by atoms with E-state index in [1.165, 1.54) is 13.4 Å². The number of rotatable bonds is 5. The zero-order valence-corrected chi connectivity index (χ0v) is 7.97. The molecular formula is C9H12N2O3. The zero-order chi connectivity index (χ0) is 10.2. The molecule has 0 radical (unpaired) electrons. The Kier molecular flexibility index (Phi) is 4.57. The third-order valence-corrected chi connectivity index (χ3v) is 1.60. The lowest BCUT2D eigenvalue weighted by Gasteiger charge is -2.01. The second-order valence-electron chi connectivity index (χ2n) is 2.63. The van der Waals surface area contributed by atoms with Gasteiger partial charge in [0, 0.05) is 12.4 Å². The lowest BCUT2D eigenvalue weighted by Crippen LogP contribution is -2.11. The zero-order valence-electron chi connectivity index (χ0n) is 7.97. The van der Waals surface area contributed by atoms with Gasteiger partial charge >= 0.3 is 5.97 Å². The van der Waals surface area contributed by atoms with Gasteiger partial charge in [-0.2, -0.15) is 0 Å². The molecule has 0 N–H and O–H groups in total. The predicted octanol–water partition coefficient (Wildman–Crippen LogP) is 0.209. The van der Waals surface area contributed by atoms with Crippen molar-refractivity contribution < 1.29 is 14.3 Å². The molecule has 5 nitrogen and oxygen atoms in total. The Balaban J connectivity index is 2.13. The van der Waals surface area contributed by atoms with Crippen LogP contribution in [0.25, 0.3) is 0 Å². The number of esters is 1. The molecular weight excluding hydrogens is 184 g/mol. The SMILES string of the molecule is COC(=O)COCCc1cncnc1. The molecule has 0 bridgehead atoms. The van der Waals surface area contributed by atoms with Crippen molar-refractivity contribution in [3.8, 4) is 0 Å². The third kappa shape index (κ3) is 3.95. The van der Waals surface area contributed by atoms with E-state index in [2.05, 4.69) is 14.7 Å². The summed E-state index contributed by atoms with van der Waals surface area (Å²) in [6.45, 7) is 0.451. The van der Waals surface area contributed by atoms with Gasteiger partial charge in [0.25, 0.3) is 0 Å². The molecule has 5 heteroatoms. The van der Waals surface area contributed by atoms with E-state index in [9.17, 15) is 4.79 Å². The number of hydrogen-bond acceptors (Lipinski definition) is 5. The maximum atomic E-state index is 10.7. The highest BCUT2D eigenvalue weighted by atomic mass is 16.6. The minimum Gasteiger partial charge on any atom is -0.467 e. The standard InChI is InChI=1S/C9H12N2O3/c1-13-9(12)6-14-3-2-8-4-10-7-11-5-8/h4-5,7H,2-3,6H2,1H3. The molecule has 0 atom stereocenters. The van der Waals surface area contributed by atoms with Crippen LogP contribution >= 0.6 is 0 Å². The van der Waals surface area contributed by atoms with Gasteiger partial charge in [0.2, 0.25) is 0 Å². The Morgan fingerprint density at radius 3 is 2.79 bits per heavy atom. The number of hydrogen-bond donors (Lipinski definition) is 0. The van der Waals surface area contributed by atoms with E-state index < -0.39 is 0 Å². The van der Waals surface area contributed by atoms with E-state index >= 15 is 0 Å². The number of methoxy groups -OCH3 is 1. The van der Waals surface area contributed by atoms with E-state index in [1.807, 2.05) is 0 Å². The quantitative estimate of drug-likeness (QED) is 0.497. The molecule has 0 unspecified atom stereocenters. The smallest absolute Gasteiger partial charge is 0.331 e. The fraction of sp³-hybridized carbons (Fsp3) is 0.444. The van der Waals surface area contributed by atoms with E-state index in [4.69, 9.17) is 4.74 Å². The van der Waals surface area contributed by atoms with Crippen LogP contribution in [0.3, 0.4) is 0 Å². The van der Waals surface area contributed by atoms with Crippen molar-refractivity contribution in [3.05, 3.63) is 24.3 Å². The molecule has 0 aliphatic carbocycles. The first kappa shape index (κ1) is 10.6. The normalized spacial score (nSPS) is 9.79. The number of carbonyl (C=O) groups excluding carboxylic acids is 1. The van der Waals surface area contributed by atoms with Crippen LogP contribution in [0, 0.1) is 0 Å². The predicted molar refractivity (Wildman–Crippen MR) is 48.6 cm³/mol. The van der Waals surface area contributed by atoms with Gasteiger partial charge in [0.1, 0.15) is 12.9 Å². The molecule has 1 heterocycles. The van der Waals surface area contributed by atoms with Crippen LogP contribution in [0.15, 0.2) is 18.7 Å². The average Bonchev–Trinajstić information content (AvgIpc) is 2.25. The van der Waals surface area contributed by atoms with Gasteiger partial charge < -0.3 is 9.47 Å². The first-order chi connectivity index (χ1) is 6.83. The average molecular weight is 196 g/mol. The Morgan fingerprint density at radius 2 is 2.14 bits per heavy atom. The molecule has 0 amide bonds. The van der Waals surface area contributed by atoms with Gasteiger partial charge in [-0.1, -0.05) is 0 Å². The van der Waals surface area contributed by atoms with Crippen LogP contribution in [0.1, 0.15) is 5.56 Å². The van der Waals surface area contributed by atoms with Gasteiger partial charge in [-0.25, -0.2) is 14.8 Å². The summed E-state index contributed by atoms with van der Waals surface area (Å²) in [6, 6.07) is 0. The summed E-state index contributed by atoms with van der Waals surface area (Å²) in [5.74, 6) is -0.366. The van der Waals surface area contributed by atoms with Crippen LogP contribution in [0.5, 0.6) is 0 Å². The van der Waals surface area contributed by atoms with E-state index in [0.29, 0.717) is 13.0 Å². The van der Waals surface area contributed by atoms with Crippen molar-refractivity contribution in [3.63, 3.8) is 0 Å². The Labute approximate surface area is 82.1 Å². The number of aromatic nitrogens is 2. The Hall–Kier alpha value is -1.49. The van der Waals surface area contributed by atoms with E-state index in [0.717, 1.165) is 5.56 Å². The second kappa shape index (κ2) is 6.04. The lowest BCUT2D eigenvalue weighted by molar-refractivity contribution is -0.145. The van der Waals surface area contributed by atoms with Crippen molar-refractivity contribution in [2.24, 2.45) is 0 Å². The molecule has 0 aliphatic heterocycles. The molecule has 0 saturated carbocycles. The van der Waals surface area contributed by atoms with Gasteiger partial charge in [-0.15, -0.1) is 0 Å². The summed E-state index contributed by atoms with van der Waals surface area (Å²) in [6.07, 6.45) is 5.60. The molecule has 0 spiro atoms. The van der Waals surface area contributed by atoms with Crippen molar-refractivity contribution in [1.82, 2.24) is 9.97 Å². The number of ether oxygens (including phenoxy) is 2. The van der Waals surface area contributed by atoms with Crippen LogP contribution < -0.4 is 0 Å². The largest absolute Gasteiger partial charge is 0.467 e. The fourth-order valence-electron chi connectivity index (χ4n) is 0.864. The molecule has 1 aromatic heterocycles. The summed E-state index contributed by atoms with van der Waals surface area (Å²) in [7, 11) is 1.33. The Bertz CT molecular complexity index is 277. The van der Waals surface area contributed by atoms with Crippen LogP contribution in [0.4, 0.5) is 0 Å². The fourth-order valence-corrected chi connectivity index (χ4v) is 0.864. The summed E-state index contributed by atoms with van der Waals surface area (Å²) >= 11 is 0. The van der Waals surface area contributed by atoms with Crippen molar-refractivity contribution in [2.75, 3.05) is 20.3 Å². The van der Waals surface area contributed by atoms with Crippen molar-refractivity contribution >= 4 is 5.97 Å². The maximum Gasteiger partial charge on any atom is 0.331 e. The van der Waals surface area contributed by atoms with Crippen LogP contribution in [-0.2, 0) is 20.7 Å². The lowest BCUT2D eigenvalue weighted by atomic mass is 10.3. The van der Waals surface area contributed by atoms with Gasteiger partial charge in [0.15, 0.2) is 0 Å². The number of carbonyl (C=O) groups is 1. The maximum absolute atomic E-state index is 10.7. The molecule has 0 saturated heterocycles. The van der Waals surface area contributed by atoms with Crippen molar-refractivity contribution in [2.45, 2.75) is 6.42 Å². The molecule has 76 valence electrons. The molecule has 0 fully saturated rings. The summed E-state index contributed by atoms with van der Waals surface area (Å²) in [5, 5.41) is 0. The highest BCUT2D eigenvalue weighted by Crippen LogP contribution is 1.94. The molecule has 1 rings (SSSR count). The van der Waals surface area contributed by atoms with Crippen molar-refractivity contribution in [1.29, 1.82) is 0 Å². The van der Waals surface area contributed by atoms with E-state index in [1.54, 1.807) is 12.4 Å². The van der Waals surface area contributed by atoms with Gasteiger partial charge in [0.05, 0.1) is 13.7 Å². The Morgan fingerprint density at radius 1 is 1.43 bits per heavy atom. The summed E-state index contributed by atoms with van der Waals surface area (Å²) in [5.41, 5.74) is 0.984. The topological polar surface area (TPSA) is 61.3 Å². The molecule has 0 aromatic carbocycles. The van der Waals surface area contributed by atoms with E-state index in [-0.39, 0.29) is 12.6 Å². The highest BCUT2D eigenvalue weighted by molar-refractivity contribution is 5.70. The summed E-state index contributed by atoms with van der Waals surface area (Å²) in [4.78, 5) is 18.4. The molecule has 0 aliphatic rings. The second-order valence-corrected chi connectivity index (χ2v) is 2.63. The minimum absolute atomic E-state index is 0.00973. The first-order valence-electron chi connectivity index (χ1n) is 4.21. The highest BCUT2D eigenvalue weighted by Gasteiger charge is 1.99. The molecule has 1 aromatic rings. The minimum atomic E-state index is -0.366. The monoisotopic (exact) mass is 196 g/mol. The third-order valence-electron chi connectivity index (χ3n) is 1.60. The van der Waals surface area contributed by atoms with Crippen LogP contribution in [0.2, 0.25) is 0 Å². The van der Waals surface area contributed by atoms with Gasteiger partial charge in [-0.3, -0.25) is 0 Å². The van der Waals surface area contributed by atoms with Crippen LogP contribution in [-0.4, -0.2) is 36.3 Å². The molecule has 14 heavy (non-hydrogen) atoms.